The highest BCUT2D eigenvalue weighted by Crippen LogP contribution is 2.25. The van der Waals surface area contributed by atoms with E-state index in [0.29, 0.717) is 11.5 Å². The van der Waals surface area contributed by atoms with Crippen LogP contribution in [0, 0.1) is 6.92 Å². The van der Waals surface area contributed by atoms with Gasteiger partial charge in [-0.1, -0.05) is 0 Å². The Hall–Kier alpha value is -5.12. The van der Waals surface area contributed by atoms with Crippen LogP contribution >= 0.6 is 0 Å². The highest BCUT2D eigenvalue weighted by atomic mass is 16.1. The number of anilines is 1. The van der Waals surface area contributed by atoms with Crippen LogP contribution in [0.25, 0.3) is 39.5 Å². The molecule has 10 nitrogen and oxygen atoms in total. The van der Waals surface area contributed by atoms with Gasteiger partial charge >= 0.3 is 0 Å². The number of carbonyl (C=O) groups excluding carboxylic acids is 1. The van der Waals surface area contributed by atoms with Crippen LogP contribution in [-0.2, 0) is 18.3 Å². The number of fused-ring (bicyclic) bond motifs is 1. The molecule has 0 radical (unpaired) electrons. The van der Waals surface area contributed by atoms with Crippen molar-refractivity contribution in [1.82, 2.24) is 39.3 Å². The number of hydrogen-bond acceptors (Lipinski definition) is 6. The molecule has 1 aromatic carbocycles. The predicted molar refractivity (Wildman–Crippen MR) is 140 cm³/mol. The molecule has 0 saturated carbocycles. The van der Waals surface area contributed by atoms with Gasteiger partial charge < -0.3 is 10.3 Å². The van der Waals surface area contributed by atoms with Crippen molar-refractivity contribution < 1.29 is 4.79 Å². The highest BCUT2D eigenvalue weighted by Gasteiger charge is 2.14. The highest BCUT2D eigenvalue weighted by molar-refractivity contribution is 5.92. The predicted octanol–water partition coefficient (Wildman–Crippen LogP) is 4.10. The van der Waals surface area contributed by atoms with E-state index >= 15 is 0 Å². The van der Waals surface area contributed by atoms with Crippen LogP contribution in [0.2, 0.25) is 0 Å². The number of aryl methyl sites for hydroxylation is 2. The van der Waals surface area contributed by atoms with Crippen molar-refractivity contribution in [1.29, 1.82) is 0 Å². The van der Waals surface area contributed by atoms with Gasteiger partial charge in [-0.3, -0.25) is 19.0 Å². The second-order valence-corrected chi connectivity index (χ2v) is 8.72. The van der Waals surface area contributed by atoms with Gasteiger partial charge in [0.15, 0.2) is 5.82 Å². The third kappa shape index (κ3) is 4.47. The van der Waals surface area contributed by atoms with Crippen LogP contribution in [0.5, 0.6) is 0 Å². The Bertz CT molecular complexity index is 1710. The summed E-state index contributed by atoms with van der Waals surface area (Å²) < 4.78 is 3.59. The Morgan fingerprint density at radius 3 is 2.57 bits per heavy atom. The number of benzene rings is 1. The van der Waals surface area contributed by atoms with E-state index in [1.165, 1.54) is 0 Å². The maximum Gasteiger partial charge on any atom is 0.230 e. The van der Waals surface area contributed by atoms with Gasteiger partial charge in [0, 0.05) is 54.3 Å². The molecule has 0 aliphatic carbocycles. The lowest BCUT2D eigenvalue weighted by molar-refractivity contribution is -0.115. The molecule has 0 atom stereocenters. The fourth-order valence-corrected chi connectivity index (χ4v) is 4.20. The summed E-state index contributed by atoms with van der Waals surface area (Å²) in [6.45, 7) is 1.93. The average molecular weight is 490 g/mol. The molecule has 5 heterocycles. The minimum atomic E-state index is -0.118. The standard InChI is InChI=1S/C27H23N9O/c1-17-15-36(16-30-17)27-25-22(9-12-29-27)32-26(33-25)19-3-5-20(6-4-19)31-24(37)14-21-13-23(34-35(21)2)18-7-10-28-11-8-18/h3-13,15-16H,14H2,1-2H3,(H,31,37)(H,32,33). The lowest BCUT2D eigenvalue weighted by Crippen LogP contribution is -2.16. The molecule has 0 aliphatic rings. The SMILES string of the molecule is Cc1cn(-c2nccc3[nH]c(-c4ccc(NC(=O)Cc5cc(-c6ccncc6)nn5C)cc4)nc23)cn1. The summed E-state index contributed by atoms with van der Waals surface area (Å²) in [5.41, 5.74) is 6.74. The molecule has 0 fully saturated rings. The molecule has 0 spiro atoms. The number of hydrogen-bond donors (Lipinski definition) is 2. The third-order valence-corrected chi connectivity index (χ3v) is 6.07. The first-order chi connectivity index (χ1) is 18.0. The first kappa shape index (κ1) is 22.4. The zero-order chi connectivity index (χ0) is 25.4. The van der Waals surface area contributed by atoms with Crippen molar-refractivity contribution in [3.8, 4) is 28.5 Å². The largest absolute Gasteiger partial charge is 0.338 e. The number of rotatable bonds is 6. The molecule has 6 aromatic rings. The number of nitrogens with one attached hydrogen (secondary N) is 2. The molecule has 37 heavy (non-hydrogen) atoms. The maximum atomic E-state index is 12.7. The number of carbonyl (C=O) groups is 1. The van der Waals surface area contributed by atoms with E-state index in [-0.39, 0.29) is 12.3 Å². The molecule has 182 valence electrons. The number of amides is 1. The summed E-state index contributed by atoms with van der Waals surface area (Å²) in [5.74, 6) is 1.32. The lowest BCUT2D eigenvalue weighted by atomic mass is 10.1. The normalized spacial score (nSPS) is 11.2. The smallest absolute Gasteiger partial charge is 0.230 e. The number of H-pyrrole nitrogens is 1. The number of aromatic nitrogens is 8. The number of aromatic amines is 1. The van der Waals surface area contributed by atoms with Crippen LogP contribution in [-0.4, -0.2) is 45.2 Å². The number of pyridine rings is 2. The van der Waals surface area contributed by atoms with Crippen molar-refractivity contribution in [2.75, 3.05) is 5.32 Å². The summed E-state index contributed by atoms with van der Waals surface area (Å²) in [5, 5.41) is 7.48. The topological polar surface area (TPSA) is 119 Å². The first-order valence-corrected chi connectivity index (χ1v) is 11.7. The monoisotopic (exact) mass is 489 g/mol. The minimum Gasteiger partial charge on any atom is -0.338 e. The fourth-order valence-electron chi connectivity index (χ4n) is 4.20. The fraction of sp³-hybridized carbons (Fsp3) is 0.111. The summed E-state index contributed by atoms with van der Waals surface area (Å²) in [7, 11) is 1.84. The average Bonchev–Trinajstić information content (AvgIpc) is 3.63. The van der Waals surface area contributed by atoms with Crippen molar-refractivity contribution in [2.24, 2.45) is 7.05 Å². The van der Waals surface area contributed by atoms with Crippen LogP contribution < -0.4 is 5.32 Å². The van der Waals surface area contributed by atoms with E-state index in [0.717, 1.165) is 45.1 Å². The van der Waals surface area contributed by atoms with Gasteiger partial charge in [0.05, 0.1) is 23.3 Å². The zero-order valence-corrected chi connectivity index (χ0v) is 20.3. The van der Waals surface area contributed by atoms with Gasteiger partial charge in [-0.2, -0.15) is 5.10 Å². The van der Waals surface area contributed by atoms with Crippen molar-refractivity contribution >= 4 is 22.6 Å². The first-order valence-electron chi connectivity index (χ1n) is 11.7. The van der Waals surface area contributed by atoms with Crippen LogP contribution in [0.4, 0.5) is 5.69 Å². The van der Waals surface area contributed by atoms with E-state index < -0.39 is 0 Å². The van der Waals surface area contributed by atoms with Crippen LogP contribution in [0.1, 0.15) is 11.4 Å². The Morgan fingerprint density at radius 1 is 1.00 bits per heavy atom. The number of imidazole rings is 2. The Labute approximate surface area is 212 Å². The second-order valence-electron chi connectivity index (χ2n) is 8.72. The van der Waals surface area contributed by atoms with E-state index in [9.17, 15) is 4.79 Å². The zero-order valence-electron chi connectivity index (χ0n) is 20.3. The molecular weight excluding hydrogens is 466 g/mol. The molecule has 2 N–H and O–H groups in total. The molecule has 6 rings (SSSR count). The Morgan fingerprint density at radius 2 is 1.81 bits per heavy atom. The molecule has 5 aromatic heterocycles. The lowest BCUT2D eigenvalue weighted by Gasteiger charge is -2.06. The third-order valence-electron chi connectivity index (χ3n) is 6.07. The summed E-state index contributed by atoms with van der Waals surface area (Å²) >= 11 is 0. The van der Waals surface area contributed by atoms with E-state index in [4.69, 9.17) is 4.98 Å². The summed E-state index contributed by atoms with van der Waals surface area (Å²) in [4.78, 5) is 33.7. The Balaban J connectivity index is 1.17. The molecule has 0 bridgehead atoms. The Kier molecular flexibility index (Phi) is 5.53. The van der Waals surface area contributed by atoms with Crippen LogP contribution in [0.15, 0.2) is 79.6 Å². The van der Waals surface area contributed by atoms with Crippen LogP contribution in [0.3, 0.4) is 0 Å². The molecule has 0 unspecified atom stereocenters. The maximum absolute atomic E-state index is 12.7. The summed E-state index contributed by atoms with van der Waals surface area (Å²) in [6, 6.07) is 15.2. The van der Waals surface area contributed by atoms with Crippen molar-refractivity contribution in [2.45, 2.75) is 13.3 Å². The number of nitrogens with zero attached hydrogens (tertiary/aromatic N) is 7. The molecule has 0 aliphatic heterocycles. The van der Waals surface area contributed by atoms with Gasteiger partial charge in [-0.05, 0) is 55.5 Å². The van der Waals surface area contributed by atoms with Gasteiger partial charge in [0.1, 0.15) is 17.7 Å². The second kappa shape index (κ2) is 9.15. The summed E-state index contributed by atoms with van der Waals surface area (Å²) in [6.07, 6.45) is 9.05. The van der Waals surface area contributed by atoms with Crippen molar-refractivity contribution in [3.05, 3.63) is 91.0 Å². The van der Waals surface area contributed by atoms with Gasteiger partial charge in [-0.25, -0.2) is 15.0 Å². The molecular formula is C27H23N9O. The molecule has 10 heteroatoms. The van der Waals surface area contributed by atoms with Crippen molar-refractivity contribution in [3.63, 3.8) is 0 Å². The van der Waals surface area contributed by atoms with Gasteiger partial charge in [0.25, 0.3) is 0 Å². The minimum absolute atomic E-state index is 0.118. The molecule has 1 amide bonds. The van der Waals surface area contributed by atoms with E-state index in [1.807, 2.05) is 73.3 Å². The van der Waals surface area contributed by atoms with Gasteiger partial charge in [-0.15, -0.1) is 0 Å². The molecule has 0 saturated heterocycles. The van der Waals surface area contributed by atoms with E-state index in [2.05, 4.69) is 30.4 Å². The van der Waals surface area contributed by atoms with E-state index in [1.54, 1.807) is 29.6 Å². The van der Waals surface area contributed by atoms with Gasteiger partial charge in [0.2, 0.25) is 5.91 Å². The quantitative estimate of drug-likeness (QED) is 0.364.